The van der Waals surface area contributed by atoms with E-state index in [4.69, 9.17) is 0 Å². The van der Waals surface area contributed by atoms with E-state index in [0.717, 1.165) is 25.0 Å². The summed E-state index contributed by atoms with van der Waals surface area (Å²) in [7, 11) is 0. The number of hydrogen-bond donors (Lipinski definition) is 0. The maximum absolute atomic E-state index is 10.6. The van der Waals surface area contributed by atoms with E-state index in [1.807, 2.05) is 0 Å². The third-order valence-corrected chi connectivity index (χ3v) is 6.50. The highest BCUT2D eigenvalue weighted by Gasteiger charge is 2.52. The molecule has 0 heterocycles. The van der Waals surface area contributed by atoms with Crippen LogP contribution in [-0.2, 0) is 4.79 Å². The van der Waals surface area contributed by atoms with Crippen molar-refractivity contribution in [3.63, 3.8) is 0 Å². The van der Waals surface area contributed by atoms with Gasteiger partial charge in [-0.15, -0.1) is 0 Å². The van der Waals surface area contributed by atoms with E-state index in [1.54, 1.807) is 6.08 Å². The molecule has 2 aliphatic carbocycles. The normalized spacial score (nSPS) is 36.2. The van der Waals surface area contributed by atoms with E-state index < -0.39 is 0 Å². The van der Waals surface area contributed by atoms with Crippen LogP contribution in [0.1, 0.15) is 72.6 Å². The molecule has 3 atom stereocenters. The zero-order valence-electron chi connectivity index (χ0n) is 14.4. The first-order chi connectivity index (χ1) is 9.81. The van der Waals surface area contributed by atoms with Crippen LogP contribution in [0.25, 0.3) is 0 Å². The maximum Gasteiger partial charge on any atom is 0.142 e. The molecule has 0 amide bonds. The van der Waals surface area contributed by atoms with Crippen molar-refractivity contribution in [2.45, 2.75) is 72.6 Å². The Kier molecular flexibility index (Phi) is 4.80. The van der Waals surface area contributed by atoms with Crippen molar-refractivity contribution in [1.29, 1.82) is 0 Å². The van der Waals surface area contributed by atoms with E-state index in [-0.39, 0.29) is 0 Å². The summed E-state index contributed by atoms with van der Waals surface area (Å²) in [6.45, 7) is 13.9. The number of carbonyl (C=O) groups is 1. The number of rotatable bonds is 4. The standard InChI is InChI=1S/C20H32O/c1-15(11-14-21)7-9-17-16(2)8-10-18-19(3,4)12-6-13-20(17,18)5/h11,14,17-18H,2,6-10,12-13H2,1,3-5H3/b15-11+/t17-,18-,20+/m0/s1. The average Bonchev–Trinajstić information content (AvgIpc) is 2.37. The van der Waals surface area contributed by atoms with Crippen molar-refractivity contribution in [2.75, 3.05) is 0 Å². The second-order valence-electron chi connectivity index (χ2n) is 8.34. The van der Waals surface area contributed by atoms with E-state index in [2.05, 4.69) is 34.3 Å². The van der Waals surface area contributed by atoms with Crippen LogP contribution < -0.4 is 0 Å². The molecule has 0 aromatic carbocycles. The van der Waals surface area contributed by atoms with E-state index >= 15 is 0 Å². The van der Waals surface area contributed by atoms with Crippen LogP contribution in [-0.4, -0.2) is 6.29 Å². The largest absolute Gasteiger partial charge is 0.299 e. The molecule has 0 radical (unpaired) electrons. The molecular formula is C20H32O. The zero-order valence-corrected chi connectivity index (χ0v) is 14.4. The van der Waals surface area contributed by atoms with Gasteiger partial charge in [0.25, 0.3) is 0 Å². The molecule has 0 N–H and O–H groups in total. The fourth-order valence-corrected chi connectivity index (χ4v) is 5.38. The molecule has 0 bridgehead atoms. The van der Waals surface area contributed by atoms with Gasteiger partial charge in [-0.2, -0.15) is 0 Å². The van der Waals surface area contributed by atoms with Crippen molar-refractivity contribution in [3.8, 4) is 0 Å². The predicted molar refractivity (Wildman–Crippen MR) is 90.1 cm³/mol. The lowest BCUT2D eigenvalue weighted by Gasteiger charge is -2.58. The Morgan fingerprint density at radius 3 is 2.71 bits per heavy atom. The minimum absolute atomic E-state index is 0.415. The Bertz CT molecular complexity index is 443. The van der Waals surface area contributed by atoms with Gasteiger partial charge in [0.2, 0.25) is 0 Å². The van der Waals surface area contributed by atoms with E-state index in [1.165, 1.54) is 43.3 Å². The van der Waals surface area contributed by atoms with Gasteiger partial charge in [0.1, 0.15) is 6.29 Å². The topological polar surface area (TPSA) is 17.1 Å². The minimum atomic E-state index is 0.415. The van der Waals surface area contributed by atoms with Gasteiger partial charge in [0.15, 0.2) is 0 Å². The monoisotopic (exact) mass is 288 g/mol. The quantitative estimate of drug-likeness (QED) is 0.368. The SMILES string of the molecule is C=C1CC[C@H]2C(C)(C)CCC[C@]2(C)[C@H]1CC/C(C)=C/C=O. The Hall–Kier alpha value is -0.850. The molecule has 118 valence electrons. The molecule has 2 fully saturated rings. The van der Waals surface area contributed by atoms with Gasteiger partial charge in [-0.25, -0.2) is 0 Å². The van der Waals surface area contributed by atoms with Gasteiger partial charge in [-0.1, -0.05) is 44.9 Å². The second kappa shape index (κ2) is 6.10. The maximum atomic E-state index is 10.6. The molecule has 0 saturated heterocycles. The summed E-state index contributed by atoms with van der Waals surface area (Å²) < 4.78 is 0. The number of fused-ring (bicyclic) bond motifs is 1. The lowest BCUT2D eigenvalue weighted by atomic mass is 9.47. The summed E-state index contributed by atoms with van der Waals surface area (Å²) in [6, 6.07) is 0. The highest BCUT2D eigenvalue weighted by atomic mass is 16.1. The van der Waals surface area contributed by atoms with Crippen molar-refractivity contribution >= 4 is 6.29 Å². The number of aldehydes is 1. The van der Waals surface area contributed by atoms with Gasteiger partial charge >= 0.3 is 0 Å². The van der Waals surface area contributed by atoms with E-state index in [9.17, 15) is 4.79 Å². The van der Waals surface area contributed by atoms with Crippen molar-refractivity contribution < 1.29 is 4.79 Å². The van der Waals surface area contributed by atoms with Crippen LogP contribution in [0.15, 0.2) is 23.8 Å². The van der Waals surface area contributed by atoms with Crippen LogP contribution in [0.2, 0.25) is 0 Å². The molecule has 0 aliphatic heterocycles. The fraction of sp³-hybridized carbons (Fsp3) is 0.750. The lowest BCUT2D eigenvalue weighted by Crippen LogP contribution is -2.49. The van der Waals surface area contributed by atoms with Crippen molar-refractivity contribution in [1.82, 2.24) is 0 Å². The first kappa shape index (κ1) is 16.5. The Labute approximate surface area is 130 Å². The van der Waals surface area contributed by atoms with Gasteiger partial charge in [0.05, 0.1) is 0 Å². The summed E-state index contributed by atoms with van der Waals surface area (Å²) in [6.07, 6.45) is 11.4. The molecule has 0 aromatic heterocycles. The number of hydrogen-bond acceptors (Lipinski definition) is 1. The summed E-state index contributed by atoms with van der Waals surface area (Å²) in [4.78, 5) is 10.6. The summed E-state index contributed by atoms with van der Waals surface area (Å²) in [5.74, 6) is 1.45. The Morgan fingerprint density at radius 2 is 2.05 bits per heavy atom. The van der Waals surface area contributed by atoms with Crippen LogP contribution in [0, 0.1) is 22.7 Å². The molecule has 0 spiro atoms. The molecular weight excluding hydrogens is 256 g/mol. The molecule has 0 aromatic rings. The number of carbonyl (C=O) groups excluding carboxylic acids is 1. The predicted octanol–water partition coefficient (Wildman–Crippen LogP) is 5.71. The molecule has 2 rings (SSSR count). The smallest absolute Gasteiger partial charge is 0.142 e. The summed E-state index contributed by atoms with van der Waals surface area (Å²) >= 11 is 0. The molecule has 1 nitrogen and oxygen atoms in total. The first-order valence-electron chi connectivity index (χ1n) is 8.60. The van der Waals surface area contributed by atoms with Crippen LogP contribution in [0.3, 0.4) is 0 Å². The van der Waals surface area contributed by atoms with Crippen LogP contribution in [0.4, 0.5) is 0 Å². The highest BCUT2D eigenvalue weighted by molar-refractivity contribution is 5.65. The Morgan fingerprint density at radius 1 is 1.33 bits per heavy atom. The molecule has 21 heavy (non-hydrogen) atoms. The molecule has 1 heteroatoms. The molecule has 0 unspecified atom stereocenters. The van der Waals surface area contributed by atoms with Gasteiger partial charge < -0.3 is 0 Å². The summed E-state index contributed by atoms with van der Waals surface area (Å²) in [5.41, 5.74) is 3.56. The van der Waals surface area contributed by atoms with Crippen molar-refractivity contribution in [3.05, 3.63) is 23.8 Å². The van der Waals surface area contributed by atoms with Gasteiger partial charge in [0, 0.05) is 0 Å². The van der Waals surface area contributed by atoms with E-state index in [0.29, 0.717) is 16.7 Å². The third kappa shape index (κ3) is 3.17. The average molecular weight is 288 g/mol. The first-order valence-corrected chi connectivity index (χ1v) is 8.60. The van der Waals surface area contributed by atoms with Crippen LogP contribution >= 0.6 is 0 Å². The molecule has 2 saturated carbocycles. The Balaban J connectivity index is 2.19. The highest BCUT2D eigenvalue weighted by Crippen LogP contribution is 2.61. The zero-order chi connectivity index (χ0) is 15.7. The van der Waals surface area contributed by atoms with Crippen molar-refractivity contribution in [2.24, 2.45) is 22.7 Å². The van der Waals surface area contributed by atoms with Gasteiger partial charge in [-0.3, -0.25) is 4.79 Å². The van der Waals surface area contributed by atoms with Crippen LogP contribution in [0.5, 0.6) is 0 Å². The third-order valence-electron chi connectivity index (χ3n) is 6.50. The second-order valence-corrected chi connectivity index (χ2v) is 8.34. The summed E-state index contributed by atoms with van der Waals surface area (Å²) in [5, 5.41) is 0. The lowest BCUT2D eigenvalue weighted by molar-refractivity contribution is -0.104. The minimum Gasteiger partial charge on any atom is -0.299 e. The van der Waals surface area contributed by atoms with Gasteiger partial charge in [-0.05, 0) is 74.2 Å². The fourth-order valence-electron chi connectivity index (χ4n) is 5.38. The number of allylic oxidation sites excluding steroid dienone is 3. The molecule has 2 aliphatic rings.